The van der Waals surface area contributed by atoms with Crippen molar-refractivity contribution < 1.29 is 27.8 Å². The Morgan fingerprint density at radius 3 is 2.64 bits per heavy atom. The Kier molecular flexibility index (Phi) is 5.93. The highest BCUT2D eigenvalue weighted by Crippen LogP contribution is 2.20. The van der Waals surface area contributed by atoms with E-state index in [9.17, 15) is 18.4 Å². The number of aromatic nitrogens is 2. The fourth-order valence-electron chi connectivity index (χ4n) is 1.89. The van der Waals surface area contributed by atoms with Gasteiger partial charge in [-0.1, -0.05) is 6.07 Å². The predicted molar refractivity (Wildman–Crippen MR) is 82.1 cm³/mol. The SMILES string of the molecule is COC(=O)c1cc(C(=O)NCc2ccc(F)c(OC(C)F)c2)ncn1. The maximum Gasteiger partial charge on any atom is 0.356 e. The van der Waals surface area contributed by atoms with Gasteiger partial charge in [-0.2, -0.15) is 0 Å². The standard InChI is InChI=1S/C16H15F2N3O4/c1-9(17)25-14-5-10(3-4-11(14)18)7-19-15(22)12-6-13(16(23)24-2)21-8-20-12/h3-6,8-9H,7H2,1-2H3,(H,19,22). The largest absolute Gasteiger partial charge is 0.464 e. The van der Waals surface area contributed by atoms with Crippen LogP contribution in [0.1, 0.15) is 33.5 Å². The molecule has 2 aromatic rings. The molecule has 1 heterocycles. The Morgan fingerprint density at radius 1 is 1.24 bits per heavy atom. The highest BCUT2D eigenvalue weighted by Gasteiger charge is 2.14. The van der Waals surface area contributed by atoms with Crippen molar-refractivity contribution in [3.8, 4) is 5.75 Å². The van der Waals surface area contributed by atoms with E-state index in [1.807, 2.05) is 0 Å². The molecule has 1 aromatic heterocycles. The molecule has 0 aliphatic rings. The van der Waals surface area contributed by atoms with Gasteiger partial charge in [0.15, 0.2) is 17.3 Å². The molecule has 2 rings (SSSR count). The molecule has 1 amide bonds. The Labute approximate surface area is 142 Å². The van der Waals surface area contributed by atoms with Gasteiger partial charge in [-0.15, -0.1) is 0 Å². The van der Waals surface area contributed by atoms with Crippen LogP contribution in [0.25, 0.3) is 0 Å². The first kappa shape index (κ1) is 18.2. The topological polar surface area (TPSA) is 90.4 Å². The van der Waals surface area contributed by atoms with E-state index in [4.69, 9.17) is 4.74 Å². The molecule has 25 heavy (non-hydrogen) atoms. The third-order valence-corrected chi connectivity index (χ3v) is 3.03. The highest BCUT2D eigenvalue weighted by atomic mass is 19.1. The molecule has 9 heteroatoms. The van der Waals surface area contributed by atoms with Crippen LogP contribution in [0.15, 0.2) is 30.6 Å². The quantitative estimate of drug-likeness (QED) is 0.801. The number of halogens is 2. The van der Waals surface area contributed by atoms with E-state index in [0.29, 0.717) is 5.56 Å². The summed E-state index contributed by atoms with van der Waals surface area (Å²) in [5.41, 5.74) is 0.399. The number of carbonyl (C=O) groups excluding carboxylic acids is 2. The molecule has 1 N–H and O–H groups in total. The van der Waals surface area contributed by atoms with E-state index in [2.05, 4.69) is 20.0 Å². The molecule has 0 spiro atoms. The lowest BCUT2D eigenvalue weighted by Crippen LogP contribution is -2.24. The fourth-order valence-corrected chi connectivity index (χ4v) is 1.89. The van der Waals surface area contributed by atoms with Crippen LogP contribution in [0.2, 0.25) is 0 Å². The summed E-state index contributed by atoms with van der Waals surface area (Å²) in [6, 6.07) is 5.00. The minimum Gasteiger partial charge on any atom is -0.464 e. The molecule has 1 atom stereocenters. The molecule has 0 saturated carbocycles. The minimum atomic E-state index is -1.67. The number of alkyl halides is 1. The van der Waals surface area contributed by atoms with Crippen LogP contribution in [-0.4, -0.2) is 35.3 Å². The van der Waals surface area contributed by atoms with Gasteiger partial charge in [-0.05, 0) is 17.7 Å². The van der Waals surface area contributed by atoms with Crippen LogP contribution in [0.4, 0.5) is 8.78 Å². The van der Waals surface area contributed by atoms with E-state index < -0.39 is 24.1 Å². The molecule has 7 nitrogen and oxygen atoms in total. The van der Waals surface area contributed by atoms with Gasteiger partial charge >= 0.3 is 5.97 Å². The lowest BCUT2D eigenvalue weighted by Gasteiger charge is -2.10. The van der Waals surface area contributed by atoms with E-state index in [1.54, 1.807) is 0 Å². The Morgan fingerprint density at radius 2 is 1.96 bits per heavy atom. The average Bonchev–Trinajstić information content (AvgIpc) is 2.61. The van der Waals surface area contributed by atoms with E-state index >= 15 is 0 Å². The van der Waals surface area contributed by atoms with Crippen LogP contribution in [0.5, 0.6) is 5.75 Å². The summed E-state index contributed by atoms with van der Waals surface area (Å²) in [5.74, 6) is -2.23. The molecule has 1 aromatic carbocycles. The summed E-state index contributed by atoms with van der Waals surface area (Å²) < 4.78 is 35.6. The number of nitrogens with one attached hydrogen (secondary N) is 1. The van der Waals surface area contributed by atoms with Crippen molar-refractivity contribution in [3.05, 3.63) is 53.4 Å². The number of nitrogens with zero attached hydrogens (tertiary/aromatic N) is 2. The van der Waals surface area contributed by atoms with Crippen LogP contribution >= 0.6 is 0 Å². The normalized spacial score (nSPS) is 11.5. The van der Waals surface area contributed by atoms with Gasteiger partial charge in [-0.3, -0.25) is 4.79 Å². The number of amides is 1. The third-order valence-electron chi connectivity index (χ3n) is 3.03. The van der Waals surface area contributed by atoms with Gasteiger partial charge in [-0.25, -0.2) is 23.5 Å². The number of hydrogen-bond acceptors (Lipinski definition) is 6. The van der Waals surface area contributed by atoms with Gasteiger partial charge in [0.05, 0.1) is 7.11 Å². The second-order valence-electron chi connectivity index (χ2n) is 4.89. The van der Waals surface area contributed by atoms with Crippen LogP contribution < -0.4 is 10.1 Å². The number of methoxy groups -OCH3 is 1. The number of rotatable bonds is 6. The Bertz CT molecular complexity index is 784. The maximum atomic E-state index is 13.5. The van der Waals surface area contributed by atoms with E-state index in [1.165, 1.54) is 25.3 Å². The number of carbonyl (C=O) groups is 2. The first-order chi connectivity index (χ1) is 11.9. The molecular formula is C16H15F2N3O4. The average molecular weight is 351 g/mol. The van der Waals surface area contributed by atoms with E-state index in [0.717, 1.165) is 19.3 Å². The lowest BCUT2D eigenvalue weighted by molar-refractivity contribution is 0.0593. The third kappa shape index (κ3) is 4.93. The molecule has 0 saturated heterocycles. The Balaban J connectivity index is 2.06. The lowest BCUT2D eigenvalue weighted by atomic mass is 10.2. The summed E-state index contributed by atoms with van der Waals surface area (Å²) >= 11 is 0. The molecule has 0 radical (unpaired) electrons. The van der Waals surface area contributed by atoms with Crippen molar-refractivity contribution in [1.29, 1.82) is 0 Å². The van der Waals surface area contributed by atoms with Crippen molar-refractivity contribution in [1.82, 2.24) is 15.3 Å². The first-order valence-electron chi connectivity index (χ1n) is 7.18. The number of ether oxygens (including phenoxy) is 2. The zero-order chi connectivity index (χ0) is 18.4. The van der Waals surface area contributed by atoms with Crippen LogP contribution in [0, 0.1) is 5.82 Å². The molecular weight excluding hydrogens is 336 g/mol. The maximum absolute atomic E-state index is 13.5. The van der Waals surface area contributed by atoms with Gasteiger partial charge < -0.3 is 14.8 Å². The number of benzene rings is 1. The predicted octanol–water partition coefficient (Wildman–Crippen LogP) is 2.03. The summed E-state index contributed by atoms with van der Waals surface area (Å²) in [5, 5.41) is 2.55. The molecule has 0 aliphatic carbocycles. The second-order valence-corrected chi connectivity index (χ2v) is 4.89. The van der Waals surface area contributed by atoms with Crippen molar-refractivity contribution in [2.75, 3.05) is 7.11 Å². The van der Waals surface area contributed by atoms with Gasteiger partial charge in [0, 0.05) is 19.5 Å². The molecule has 0 aliphatic heterocycles. The van der Waals surface area contributed by atoms with Gasteiger partial charge in [0.2, 0.25) is 6.36 Å². The van der Waals surface area contributed by atoms with Crippen LogP contribution in [-0.2, 0) is 11.3 Å². The molecule has 132 valence electrons. The minimum absolute atomic E-state index is 0.0215. The number of esters is 1. The summed E-state index contributed by atoms with van der Waals surface area (Å²) in [4.78, 5) is 31.0. The fraction of sp³-hybridized carbons (Fsp3) is 0.250. The van der Waals surface area contributed by atoms with Crippen LogP contribution in [0.3, 0.4) is 0 Å². The first-order valence-corrected chi connectivity index (χ1v) is 7.18. The number of hydrogen-bond donors (Lipinski definition) is 1. The van der Waals surface area contributed by atoms with Crippen molar-refractivity contribution in [2.24, 2.45) is 0 Å². The Hall–Kier alpha value is -3.10. The van der Waals surface area contributed by atoms with Crippen molar-refractivity contribution in [2.45, 2.75) is 19.8 Å². The molecule has 1 unspecified atom stereocenters. The van der Waals surface area contributed by atoms with Gasteiger partial charge in [0.25, 0.3) is 5.91 Å². The molecule has 0 bridgehead atoms. The summed E-state index contributed by atoms with van der Waals surface area (Å²) in [7, 11) is 1.19. The monoisotopic (exact) mass is 351 g/mol. The zero-order valence-corrected chi connectivity index (χ0v) is 13.5. The second kappa shape index (κ2) is 8.13. The van der Waals surface area contributed by atoms with Gasteiger partial charge in [0.1, 0.15) is 12.0 Å². The zero-order valence-electron chi connectivity index (χ0n) is 13.5. The van der Waals surface area contributed by atoms with Crippen molar-refractivity contribution >= 4 is 11.9 Å². The smallest absolute Gasteiger partial charge is 0.356 e. The van der Waals surface area contributed by atoms with Crippen molar-refractivity contribution in [3.63, 3.8) is 0 Å². The summed E-state index contributed by atoms with van der Waals surface area (Å²) in [6.07, 6.45) is -0.606. The molecule has 0 fully saturated rings. The highest BCUT2D eigenvalue weighted by molar-refractivity contribution is 5.95. The summed E-state index contributed by atoms with van der Waals surface area (Å²) in [6.45, 7) is 1.15. The van der Waals surface area contributed by atoms with E-state index in [-0.39, 0.29) is 23.7 Å².